The number of aromatic nitrogens is 1. The number of ether oxygens (including phenoxy) is 1. The molecule has 0 unspecified atom stereocenters. The van der Waals surface area contributed by atoms with Crippen molar-refractivity contribution in [2.75, 3.05) is 32.8 Å². The molecule has 0 N–H and O–H groups in total. The highest BCUT2D eigenvalue weighted by Gasteiger charge is 2.11. The van der Waals surface area contributed by atoms with E-state index < -0.39 is 0 Å². The molecule has 1 aromatic carbocycles. The number of ketones is 1. The summed E-state index contributed by atoms with van der Waals surface area (Å²) in [5.41, 5.74) is 2.81. The van der Waals surface area contributed by atoms with E-state index in [0.29, 0.717) is 0 Å². The predicted molar refractivity (Wildman–Crippen MR) is 88.5 cm³/mol. The van der Waals surface area contributed by atoms with E-state index in [1.807, 2.05) is 24.3 Å². The van der Waals surface area contributed by atoms with E-state index in [2.05, 4.69) is 10.3 Å². The second-order valence-electron chi connectivity index (χ2n) is 5.46. The van der Waals surface area contributed by atoms with E-state index in [1.165, 1.54) is 0 Å². The van der Waals surface area contributed by atoms with Crippen LogP contribution in [-0.2, 0) is 11.2 Å². The van der Waals surface area contributed by atoms with Gasteiger partial charge in [0, 0.05) is 42.6 Å². The molecule has 116 valence electrons. The molecule has 0 radical (unpaired) electrons. The Morgan fingerprint density at radius 3 is 2.68 bits per heavy atom. The van der Waals surface area contributed by atoms with Crippen molar-refractivity contribution >= 4 is 17.1 Å². The molecule has 5 heteroatoms. The largest absolute Gasteiger partial charge is 0.379 e. The minimum absolute atomic E-state index is 0.0935. The lowest BCUT2D eigenvalue weighted by atomic mass is 10.1. The Bertz CT molecular complexity index is 630. The van der Waals surface area contributed by atoms with Crippen molar-refractivity contribution in [2.24, 2.45) is 0 Å². The topological polar surface area (TPSA) is 42.4 Å². The lowest BCUT2D eigenvalue weighted by Gasteiger charge is -2.25. The van der Waals surface area contributed by atoms with Gasteiger partial charge >= 0.3 is 0 Å². The Labute approximate surface area is 134 Å². The highest BCUT2D eigenvalue weighted by atomic mass is 32.1. The fourth-order valence-corrected chi connectivity index (χ4v) is 3.31. The standard InChI is InChI=1S/C17H20N2O2S/c1-13(20)14-2-4-15(5-3-14)16-12-22-17(18-16)6-7-19-8-10-21-11-9-19/h2-5,12H,6-11H2,1H3. The first-order valence-electron chi connectivity index (χ1n) is 7.58. The van der Waals surface area contributed by atoms with Crippen molar-refractivity contribution in [1.82, 2.24) is 9.88 Å². The van der Waals surface area contributed by atoms with Crippen LogP contribution >= 0.6 is 11.3 Å². The summed E-state index contributed by atoms with van der Waals surface area (Å²) in [6, 6.07) is 7.67. The smallest absolute Gasteiger partial charge is 0.159 e. The number of benzene rings is 1. The molecule has 1 aliphatic heterocycles. The molecule has 0 bridgehead atoms. The summed E-state index contributed by atoms with van der Waals surface area (Å²) in [6.45, 7) is 6.34. The van der Waals surface area contributed by atoms with E-state index in [9.17, 15) is 4.79 Å². The third-order valence-corrected chi connectivity index (χ3v) is 4.79. The second kappa shape index (κ2) is 7.13. The van der Waals surface area contributed by atoms with Crippen LogP contribution in [0.1, 0.15) is 22.3 Å². The minimum Gasteiger partial charge on any atom is -0.379 e. The van der Waals surface area contributed by atoms with Crippen LogP contribution in [0.3, 0.4) is 0 Å². The van der Waals surface area contributed by atoms with Crippen molar-refractivity contribution in [3.05, 3.63) is 40.2 Å². The minimum atomic E-state index is 0.0935. The number of nitrogens with zero attached hydrogens (tertiary/aromatic N) is 2. The zero-order valence-electron chi connectivity index (χ0n) is 12.7. The molecule has 1 aliphatic rings. The summed E-state index contributed by atoms with van der Waals surface area (Å²) in [5.74, 6) is 0.0935. The Morgan fingerprint density at radius 1 is 1.27 bits per heavy atom. The SMILES string of the molecule is CC(=O)c1ccc(-c2csc(CCN3CCOCC3)n2)cc1. The fraction of sp³-hybridized carbons (Fsp3) is 0.412. The Kier molecular flexibility index (Phi) is 4.97. The lowest BCUT2D eigenvalue weighted by Crippen LogP contribution is -2.37. The van der Waals surface area contributed by atoms with E-state index in [-0.39, 0.29) is 5.78 Å². The fourth-order valence-electron chi connectivity index (χ4n) is 2.51. The average Bonchev–Trinajstić information content (AvgIpc) is 3.03. The predicted octanol–water partition coefficient (Wildman–Crippen LogP) is 2.89. The summed E-state index contributed by atoms with van der Waals surface area (Å²) in [4.78, 5) is 18.4. The van der Waals surface area contributed by atoms with E-state index in [4.69, 9.17) is 9.72 Å². The van der Waals surface area contributed by atoms with Gasteiger partial charge in [-0.15, -0.1) is 11.3 Å². The molecule has 0 atom stereocenters. The van der Waals surface area contributed by atoms with Crippen molar-refractivity contribution in [1.29, 1.82) is 0 Å². The average molecular weight is 316 g/mol. The molecule has 0 aliphatic carbocycles. The zero-order valence-corrected chi connectivity index (χ0v) is 13.6. The molecule has 3 rings (SSSR count). The molecular formula is C17H20N2O2S. The number of carbonyl (C=O) groups excluding carboxylic acids is 1. The van der Waals surface area contributed by atoms with Crippen LogP contribution in [0.2, 0.25) is 0 Å². The maximum absolute atomic E-state index is 11.3. The van der Waals surface area contributed by atoms with Crippen LogP contribution in [-0.4, -0.2) is 48.5 Å². The molecule has 0 amide bonds. The number of hydrogen-bond acceptors (Lipinski definition) is 5. The number of morpholine rings is 1. The van der Waals surface area contributed by atoms with Crippen molar-refractivity contribution in [2.45, 2.75) is 13.3 Å². The first-order chi connectivity index (χ1) is 10.7. The maximum atomic E-state index is 11.3. The summed E-state index contributed by atoms with van der Waals surface area (Å²) in [6.07, 6.45) is 0.982. The number of thiazole rings is 1. The van der Waals surface area contributed by atoms with Crippen molar-refractivity contribution < 1.29 is 9.53 Å². The first-order valence-corrected chi connectivity index (χ1v) is 8.46. The van der Waals surface area contributed by atoms with Crippen LogP contribution in [0.25, 0.3) is 11.3 Å². The number of hydrogen-bond donors (Lipinski definition) is 0. The molecule has 0 spiro atoms. The third kappa shape index (κ3) is 3.80. The number of rotatable bonds is 5. The third-order valence-electron chi connectivity index (χ3n) is 3.88. The highest BCUT2D eigenvalue weighted by molar-refractivity contribution is 7.09. The normalized spacial score (nSPS) is 15.9. The van der Waals surface area contributed by atoms with Gasteiger partial charge in [0.25, 0.3) is 0 Å². The Morgan fingerprint density at radius 2 is 2.00 bits per heavy atom. The first kappa shape index (κ1) is 15.3. The summed E-state index contributed by atoms with van der Waals surface area (Å²) < 4.78 is 5.36. The van der Waals surface area contributed by atoms with Gasteiger partial charge in [-0.25, -0.2) is 4.98 Å². The monoisotopic (exact) mass is 316 g/mol. The van der Waals surface area contributed by atoms with Crippen LogP contribution < -0.4 is 0 Å². The van der Waals surface area contributed by atoms with Crippen LogP contribution in [0.4, 0.5) is 0 Å². The summed E-state index contributed by atoms with van der Waals surface area (Å²) >= 11 is 1.71. The van der Waals surface area contributed by atoms with Gasteiger partial charge in [0.15, 0.2) is 5.78 Å². The van der Waals surface area contributed by atoms with Gasteiger partial charge in [-0.3, -0.25) is 9.69 Å². The summed E-state index contributed by atoms with van der Waals surface area (Å²) in [5, 5.41) is 3.26. The second-order valence-corrected chi connectivity index (χ2v) is 6.41. The highest BCUT2D eigenvalue weighted by Crippen LogP contribution is 2.23. The molecule has 1 fully saturated rings. The van der Waals surface area contributed by atoms with Gasteiger partial charge in [0.05, 0.1) is 23.9 Å². The van der Waals surface area contributed by atoms with Crippen LogP contribution in [0, 0.1) is 0 Å². The van der Waals surface area contributed by atoms with Crippen molar-refractivity contribution in [3.8, 4) is 11.3 Å². The number of Topliss-reactive ketones (excluding diaryl/α,β-unsaturated/α-hetero) is 1. The van der Waals surface area contributed by atoms with Crippen LogP contribution in [0.5, 0.6) is 0 Å². The van der Waals surface area contributed by atoms with Gasteiger partial charge in [0.2, 0.25) is 0 Å². The molecule has 1 saturated heterocycles. The molecule has 1 aromatic heterocycles. The Balaban J connectivity index is 1.61. The van der Waals surface area contributed by atoms with Gasteiger partial charge in [-0.05, 0) is 6.92 Å². The molecule has 2 heterocycles. The Hall–Kier alpha value is -1.56. The van der Waals surface area contributed by atoms with Gasteiger partial charge < -0.3 is 4.74 Å². The van der Waals surface area contributed by atoms with E-state index >= 15 is 0 Å². The lowest BCUT2D eigenvalue weighted by molar-refractivity contribution is 0.0384. The summed E-state index contributed by atoms with van der Waals surface area (Å²) in [7, 11) is 0. The molecule has 0 saturated carbocycles. The molecule has 22 heavy (non-hydrogen) atoms. The van der Waals surface area contributed by atoms with Gasteiger partial charge in [-0.1, -0.05) is 24.3 Å². The molecule has 4 nitrogen and oxygen atoms in total. The molecule has 2 aromatic rings. The maximum Gasteiger partial charge on any atom is 0.159 e. The van der Waals surface area contributed by atoms with E-state index in [0.717, 1.165) is 61.1 Å². The van der Waals surface area contributed by atoms with Crippen LogP contribution in [0.15, 0.2) is 29.6 Å². The zero-order chi connectivity index (χ0) is 15.4. The molecular weight excluding hydrogens is 296 g/mol. The van der Waals surface area contributed by atoms with Gasteiger partial charge in [0.1, 0.15) is 0 Å². The quantitative estimate of drug-likeness (QED) is 0.796. The van der Waals surface area contributed by atoms with Crippen molar-refractivity contribution in [3.63, 3.8) is 0 Å². The van der Waals surface area contributed by atoms with E-state index in [1.54, 1.807) is 18.3 Å². The van der Waals surface area contributed by atoms with Gasteiger partial charge in [-0.2, -0.15) is 0 Å². The number of carbonyl (C=O) groups is 1.